The third-order valence-electron chi connectivity index (χ3n) is 14.6. The van der Waals surface area contributed by atoms with Crippen LogP contribution in [0.1, 0.15) is 120 Å². The topological polar surface area (TPSA) is 195 Å². The van der Waals surface area contributed by atoms with Crippen LogP contribution in [0.25, 0.3) is 26.4 Å². The summed E-state index contributed by atoms with van der Waals surface area (Å²) < 4.78 is 20.1. The maximum atomic E-state index is 14.6. The number of aliphatic imine (C=N–C) groups is 1. The summed E-state index contributed by atoms with van der Waals surface area (Å²) in [4.78, 5) is 69.7. The Morgan fingerprint density at radius 1 is 0.907 bits per heavy atom. The number of amides is 4. The van der Waals surface area contributed by atoms with E-state index >= 15 is 0 Å². The standard InChI is InChI=1S/C56H60ClN9O7S2/c1-28-31(4)75-55-47(28)48(34-14-16-37(57)17-15-34)61-42(51-64-63-32(5)66(51)55)25-46(67)60-38-22-40(23-38)72-39-18-19-44-36(20-39)21-45(73-44)53(69)62-50(56(6,7)8)54(70)65-26-41(71-9)24-43(65)52(68)59-29(2)33-10-12-35(13-11-33)49-30(3)58-27-74-49/h10-21,27,29,38,40-43,50H,22-26H2,1-9H3,(H,59,68)(H,60,67)(H,62,69)/t29-,38-,40+,41-,42-,43-,50+/m0/s1. The number of halogens is 1. The summed E-state index contributed by atoms with van der Waals surface area (Å²) in [7, 11) is 1.57. The van der Waals surface area contributed by atoms with Gasteiger partial charge in [0.15, 0.2) is 11.6 Å². The summed E-state index contributed by atoms with van der Waals surface area (Å²) in [6.45, 7) is 15.8. The molecule has 0 radical (unpaired) electrons. The second kappa shape index (κ2) is 20.8. The van der Waals surface area contributed by atoms with Gasteiger partial charge < -0.3 is 34.7 Å². The summed E-state index contributed by atoms with van der Waals surface area (Å²) in [5.74, 6) is 0.547. The van der Waals surface area contributed by atoms with Gasteiger partial charge in [0.05, 0.1) is 40.4 Å². The van der Waals surface area contributed by atoms with Crippen molar-refractivity contribution in [2.24, 2.45) is 10.4 Å². The minimum absolute atomic E-state index is 0.0269. The highest BCUT2D eigenvalue weighted by Crippen LogP contribution is 2.40. The molecule has 19 heteroatoms. The Morgan fingerprint density at radius 2 is 1.64 bits per heavy atom. The van der Waals surface area contributed by atoms with Gasteiger partial charge in [-0.15, -0.1) is 32.9 Å². The summed E-state index contributed by atoms with van der Waals surface area (Å²) >= 11 is 9.53. The zero-order valence-electron chi connectivity index (χ0n) is 43.3. The van der Waals surface area contributed by atoms with Gasteiger partial charge in [0.25, 0.3) is 5.91 Å². The largest absolute Gasteiger partial charge is 0.490 e. The van der Waals surface area contributed by atoms with E-state index in [1.807, 2.05) is 106 Å². The molecule has 3 N–H and O–H groups in total. The predicted octanol–water partition coefficient (Wildman–Crippen LogP) is 9.73. The highest BCUT2D eigenvalue weighted by Gasteiger charge is 2.46. The van der Waals surface area contributed by atoms with Crippen molar-refractivity contribution >= 4 is 74.6 Å². The number of hydrogen-bond donors (Lipinski definition) is 3. The van der Waals surface area contributed by atoms with Crippen LogP contribution in [0.3, 0.4) is 0 Å². The first kappa shape index (κ1) is 51.7. The van der Waals surface area contributed by atoms with Gasteiger partial charge in [-0.25, -0.2) is 4.98 Å². The number of thiazole rings is 1. The molecule has 4 amide bonds. The van der Waals surface area contributed by atoms with Crippen LogP contribution in [0.2, 0.25) is 5.02 Å². The number of thiophene rings is 1. The highest BCUT2D eigenvalue weighted by molar-refractivity contribution is 7.15. The Kier molecular flexibility index (Phi) is 14.3. The minimum Gasteiger partial charge on any atom is -0.490 e. The Hall–Kier alpha value is -6.73. The van der Waals surface area contributed by atoms with Crippen LogP contribution < -0.4 is 20.7 Å². The van der Waals surface area contributed by atoms with Crippen molar-refractivity contribution in [3.63, 3.8) is 0 Å². The van der Waals surface area contributed by atoms with Crippen molar-refractivity contribution in [1.29, 1.82) is 0 Å². The first-order valence-electron chi connectivity index (χ1n) is 25.1. The number of nitrogens with zero attached hydrogens (tertiary/aromatic N) is 6. The normalized spacial score (nSPS) is 20.1. The Labute approximate surface area is 448 Å². The minimum atomic E-state index is -1.01. The van der Waals surface area contributed by atoms with Gasteiger partial charge in [-0.2, -0.15) is 0 Å². The van der Waals surface area contributed by atoms with E-state index in [1.54, 1.807) is 48.0 Å². The van der Waals surface area contributed by atoms with Crippen molar-refractivity contribution in [3.8, 4) is 21.2 Å². The number of furan rings is 1. The number of nitrogens with one attached hydrogen (secondary N) is 3. The fourth-order valence-electron chi connectivity index (χ4n) is 10.1. The number of carbonyl (C=O) groups is 4. The molecular weight excluding hydrogens is 1010 g/mol. The van der Waals surface area contributed by atoms with Crippen molar-refractivity contribution < 1.29 is 33.1 Å². The lowest BCUT2D eigenvalue weighted by molar-refractivity contribution is -0.142. The number of aromatic nitrogens is 4. The Bertz CT molecular complexity index is 3350. The number of hydrogen-bond acceptors (Lipinski definition) is 13. The van der Waals surface area contributed by atoms with Crippen LogP contribution in [-0.2, 0) is 19.1 Å². The highest BCUT2D eigenvalue weighted by atomic mass is 35.5. The van der Waals surface area contributed by atoms with Gasteiger partial charge in [0, 0.05) is 65.4 Å². The van der Waals surface area contributed by atoms with E-state index in [1.165, 1.54) is 9.78 Å². The van der Waals surface area contributed by atoms with Crippen LogP contribution >= 0.6 is 34.3 Å². The Morgan fingerprint density at radius 3 is 2.33 bits per heavy atom. The van der Waals surface area contributed by atoms with Crippen molar-refractivity contribution in [1.82, 2.24) is 40.6 Å². The number of carbonyl (C=O) groups excluding carboxylic acids is 4. The fraction of sp³-hybridized carbons (Fsp3) is 0.393. The predicted molar refractivity (Wildman–Crippen MR) is 290 cm³/mol. The smallest absolute Gasteiger partial charge is 0.287 e. The lowest BCUT2D eigenvalue weighted by Gasteiger charge is -2.36. The molecule has 4 aromatic heterocycles. The van der Waals surface area contributed by atoms with E-state index in [9.17, 15) is 19.2 Å². The molecular formula is C56H60ClN9O7S2. The molecule has 1 saturated carbocycles. The molecule has 3 aliphatic rings. The lowest BCUT2D eigenvalue weighted by atomic mass is 9.85. The van der Waals surface area contributed by atoms with E-state index in [0.29, 0.717) is 46.8 Å². The fourth-order valence-corrected chi connectivity index (χ4v) is 12.3. The molecule has 0 unspecified atom stereocenters. The third kappa shape index (κ3) is 10.5. The van der Waals surface area contributed by atoms with Gasteiger partial charge in [-0.3, -0.25) is 28.7 Å². The van der Waals surface area contributed by atoms with Crippen LogP contribution in [-0.4, -0.2) is 98.0 Å². The third-order valence-corrected chi connectivity index (χ3v) is 17.0. The summed E-state index contributed by atoms with van der Waals surface area (Å²) in [5, 5.41) is 20.5. The summed E-state index contributed by atoms with van der Waals surface area (Å²) in [6, 6.07) is 19.8. The quantitative estimate of drug-likeness (QED) is 0.0944. The van der Waals surface area contributed by atoms with Gasteiger partial charge in [0.2, 0.25) is 17.7 Å². The molecule has 75 heavy (non-hydrogen) atoms. The van der Waals surface area contributed by atoms with E-state index in [0.717, 1.165) is 54.9 Å². The molecule has 6 heterocycles. The number of benzene rings is 3. The summed E-state index contributed by atoms with van der Waals surface area (Å²) in [6.07, 6.45) is 1.08. The first-order valence-corrected chi connectivity index (χ1v) is 27.2. The number of methoxy groups -OCH3 is 1. The van der Waals surface area contributed by atoms with Crippen molar-refractivity contribution in [2.45, 2.75) is 123 Å². The van der Waals surface area contributed by atoms with E-state index in [-0.39, 0.29) is 54.8 Å². The van der Waals surface area contributed by atoms with Crippen LogP contribution in [0, 0.1) is 33.1 Å². The van der Waals surface area contributed by atoms with Gasteiger partial charge in [-0.05, 0) is 93.1 Å². The average Bonchev–Trinajstić information content (AvgIpc) is 4.21. The number of aryl methyl sites for hydroxylation is 3. The van der Waals surface area contributed by atoms with Crippen LogP contribution in [0.5, 0.6) is 5.75 Å². The SMILES string of the molecule is CO[C@H]1C[C@@H](C(=O)N[C@@H](C)c2ccc(-c3scnc3C)cc2)N(C(=O)[C@@H](NC(=O)c2cc3cc(O[C@H]4C[C@@H](NC(=O)C[C@@H]5N=C(c6ccc(Cl)cc6)c6c(sc(C)c6C)-n6c(C)nnc65)C4)ccc3o2)C(C)(C)C)C1. The van der Waals surface area contributed by atoms with E-state index < -0.39 is 35.4 Å². The Balaban J connectivity index is 0.759. The average molecular weight is 1070 g/mol. The zero-order valence-corrected chi connectivity index (χ0v) is 45.7. The molecule has 3 aromatic carbocycles. The molecule has 1 saturated heterocycles. The lowest BCUT2D eigenvalue weighted by Crippen LogP contribution is -2.57. The molecule has 7 aromatic rings. The van der Waals surface area contributed by atoms with E-state index in [4.69, 9.17) is 30.5 Å². The van der Waals surface area contributed by atoms with Gasteiger partial charge in [0.1, 0.15) is 46.4 Å². The zero-order chi connectivity index (χ0) is 53.0. The second-order valence-electron chi connectivity index (χ2n) is 20.9. The molecule has 5 atom stereocenters. The molecule has 1 aliphatic carbocycles. The molecule has 2 fully saturated rings. The molecule has 2 aliphatic heterocycles. The number of rotatable bonds is 14. The van der Waals surface area contributed by atoms with Crippen LogP contribution in [0.4, 0.5) is 0 Å². The molecule has 16 nitrogen and oxygen atoms in total. The van der Waals surface area contributed by atoms with Gasteiger partial charge >= 0.3 is 0 Å². The molecule has 390 valence electrons. The number of fused-ring (bicyclic) bond motifs is 4. The molecule has 0 bridgehead atoms. The van der Waals surface area contributed by atoms with Crippen LogP contribution in [0.15, 0.2) is 87.7 Å². The number of likely N-dealkylation sites (tertiary alicyclic amines) is 1. The summed E-state index contributed by atoms with van der Waals surface area (Å²) in [5.41, 5.74) is 8.32. The van der Waals surface area contributed by atoms with Gasteiger partial charge in [-0.1, -0.05) is 68.8 Å². The molecule has 0 spiro atoms. The first-order chi connectivity index (χ1) is 35.8. The monoisotopic (exact) mass is 1070 g/mol. The second-order valence-corrected chi connectivity index (χ2v) is 23.4. The molecule has 10 rings (SSSR count). The maximum Gasteiger partial charge on any atom is 0.287 e. The van der Waals surface area contributed by atoms with E-state index in [2.05, 4.69) is 45.0 Å². The van der Waals surface area contributed by atoms with Crippen molar-refractivity contribution in [2.75, 3.05) is 13.7 Å². The maximum absolute atomic E-state index is 14.6. The number of ether oxygens (including phenoxy) is 2. The van der Waals surface area contributed by atoms with Crippen molar-refractivity contribution in [3.05, 3.63) is 134 Å².